The van der Waals surface area contributed by atoms with Gasteiger partial charge in [-0.3, -0.25) is 4.68 Å². The molecule has 0 radical (unpaired) electrons. The first-order valence-electron chi connectivity index (χ1n) is 8.18. The van der Waals surface area contributed by atoms with E-state index < -0.39 is 0 Å². The van der Waals surface area contributed by atoms with E-state index >= 15 is 0 Å². The number of nitrogens with zero attached hydrogens (tertiary/aromatic N) is 2. The van der Waals surface area contributed by atoms with Crippen molar-refractivity contribution in [3.05, 3.63) is 11.3 Å². The van der Waals surface area contributed by atoms with E-state index in [1.165, 1.54) is 49.8 Å². The van der Waals surface area contributed by atoms with Crippen LogP contribution in [0.2, 0.25) is 0 Å². The molecule has 4 heteroatoms. The van der Waals surface area contributed by atoms with E-state index in [2.05, 4.69) is 4.68 Å². The molecule has 2 heterocycles. The van der Waals surface area contributed by atoms with Crippen LogP contribution in [-0.4, -0.2) is 16.4 Å². The van der Waals surface area contributed by atoms with E-state index in [1.54, 1.807) is 0 Å². The molecule has 0 aromatic carbocycles. The van der Waals surface area contributed by atoms with Crippen molar-refractivity contribution in [1.82, 2.24) is 9.78 Å². The van der Waals surface area contributed by atoms with Gasteiger partial charge in [-0.2, -0.15) is 5.10 Å². The SMILES string of the molecule is Nc1nn(C23CC4CC(CC(C4)C2)C3)c2c1CCOC2. The minimum Gasteiger partial charge on any atom is -0.382 e. The molecule has 1 aromatic heterocycles. The fraction of sp³-hybridized carbons (Fsp3) is 0.812. The van der Waals surface area contributed by atoms with Crippen LogP contribution < -0.4 is 5.73 Å². The molecule has 1 aromatic rings. The second-order valence-corrected chi connectivity index (χ2v) is 7.67. The maximum Gasteiger partial charge on any atom is 0.149 e. The number of ether oxygens (including phenoxy) is 1. The van der Waals surface area contributed by atoms with Crippen LogP contribution >= 0.6 is 0 Å². The summed E-state index contributed by atoms with van der Waals surface area (Å²) < 4.78 is 8.03. The molecule has 0 spiro atoms. The van der Waals surface area contributed by atoms with E-state index in [1.807, 2.05) is 0 Å². The Morgan fingerprint density at radius 2 is 1.75 bits per heavy atom. The number of anilines is 1. The van der Waals surface area contributed by atoms with Gasteiger partial charge in [-0.1, -0.05) is 0 Å². The predicted octanol–water partition coefficient (Wildman–Crippen LogP) is 2.46. The first kappa shape index (κ1) is 11.6. The molecule has 2 N–H and O–H groups in total. The minimum absolute atomic E-state index is 0.275. The second kappa shape index (κ2) is 3.79. The molecule has 4 fully saturated rings. The Labute approximate surface area is 119 Å². The first-order chi connectivity index (χ1) is 9.73. The molecule has 6 rings (SSSR count). The fourth-order valence-corrected chi connectivity index (χ4v) is 5.98. The molecule has 108 valence electrons. The lowest BCUT2D eigenvalue weighted by Gasteiger charge is -2.57. The first-order valence-corrected chi connectivity index (χ1v) is 8.18. The molecule has 0 unspecified atom stereocenters. The molecule has 0 amide bonds. The average Bonchev–Trinajstić information content (AvgIpc) is 2.76. The topological polar surface area (TPSA) is 53.1 Å². The van der Waals surface area contributed by atoms with Crippen molar-refractivity contribution in [2.24, 2.45) is 17.8 Å². The Bertz CT molecular complexity index is 527. The summed E-state index contributed by atoms with van der Waals surface area (Å²) in [5.74, 6) is 3.57. The third-order valence-electron chi connectivity index (χ3n) is 6.31. The van der Waals surface area contributed by atoms with Gasteiger partial charge in [-0.25, -0.2) is 0 Å². The third-order valence-corrected chi connectivity index (χ3v) is 6.31. The van der Waals surface area contributed by atoms with Crippen molar-refractivity contribution >= 4 is 5.82 Å². The van der Waals surface area contributed by atoms with Gasteiger partial charge in [0, 0.05) is 12.0 Å². The van der Waals surface area contributed by atoms with Crippen LogP contribution in [-0.2, 0) is 23.3 Å². The lowest BCUT2D eigenvalue weighted by Crippen LogP contribution is -2.52. The molecule has 4 nitrogen and oxygen atoms in total. The van der Waals surface area contributed by atoms with Crippen molar-refractivity contribution < 1.29 is 4.74 Å². The van der Waals surface area contributed by atoms with Gasteiger partial charge in [0.1, 0.15) is 5.82 Å². The van der Waals surface area contributed by atoms with Crippen molar-refractivity contribution in [3.63, 3.8) is 0 Å². The lowest BCUT2D eigenvalue weighted by molar-refractivity contribution is -0.0535. The third kappa shape index (κ3) is 1.43. The molecule has 0 saturated heterocycles. The molecule has 5 aliphatic rings. The molecular formula is C16H23N3O. The standard InChI is InChI=1S/C16H23N3O/c17-15-13-1-2-20-9-14(13)19(18-15)16-6-10-3-11(7-16)5-12(4-10)8-16/h10-12H,1-9H2,(H2,17,18). The zero-order chi connectivity index (χ0) is 13.3. The van der Waals surface area contributed by atoms with Gasteiger partial charge >= 0.3 is 0 Å². The van der Waals surface area contributed by atoms with Gasteiger partial charge in [0.2, 0.25) is 0 Å². The number of hydrogen-bond acceptors (Lipinski definition) is 3. The van der Waals surface area contributed by atoms with Crippen LogP contribution in [0.25, 0.3) is 0 Å². The molecule has 1 aliphatic heterocycles. The highest BCUT2D eigenvalue weighted by molar-refractivity contribution is 5.44. The van der Waals surface area contributed by atoms with Gasteiger partial charge in [0.15, 0.2) is 0 Å². The van der Waals surface area contributed by atoms with Crippen molar-refractivity contribution in [2.75, 3.05) is 12.3 Å². The number of fused-ring (bicyclic) bond motifs is 1. The Kier molecular flexibility index (Phi) is 2.20. The monoisotopic (exact) mass is 273 g/mol. The summed E-state index contributed by atoms with van der Waals surface area (Å²) in [6.45, 7) is 1.51. The number of hydrogen-bond donors (Lipinski definition) is 1. The van der Waals surface area contributed by atoms with Crippen LogP contribution in [0.15, 0.2) is 0 Å². The molecule has 4 aliphatic carbocycles. The number of nitrogens with two attached hydrogens (primary N) is 1. The quantitative estimate of drug-likeness (QED) is 0.855. The number of rotatable bonds is 1. The Hall–Kier alpha value is -1.03. The van der Waals surface area contributed by atoms with Gasteiger partial charge in [0.05, 0.1) is 24.4 Å². The smallest absolute Gasteiger partial charge is 0.149 e. The highest BCUT2D eigenvalue weighted by Gasteiger charge is 2.53. The van der Waals surface area contributed by atoms with Crippen LogP contribution in [0.5, 0.6) is 0 Å². The van der Waals surface area contributed by atoms with Crippen molar-refractivity contribution in [1.29, 1.82) is 0 Å². The Balaban J connectivity index is 1.63. The predicted molar refractivity (Wildman–Crippen MR) is 76.1 cm³/mol. The zero-order valence-electron chi connectivity index (χ0n) is 12.0. The largest absolute Gasteiger partial charge is 0.382 e. The van der Waals surface area contributed by atoms with Gasteiger partial charge in [0.25, 0.3) is 0 Å². The summed E-state index contributed by atoms with van der Waals surface area (Å²) in [5, 5.41) is 4.80. The molecule has 4 saturated carbocycles. The van der Waals surface area contributed by atoms with Gasteiger partial charge < -0.3 is 10.5 Å². The van der Waals surface area contributed by atoms with E-state index in [0.29, 0.717) is 6.61 Å². The summed E-state index contributed by atoms with van der Waals surface area (Å²) in [5.41, 5.74) is 9.03. The van der Waals surface area contributed by atoms with E-state index in [0.717, 1.165) is 36.6 Å². The van der Waals surface area contributed by atoms with E-state index in [4.69, 9.17) is 15.6 Å². The number of nitrogen functional groups attached to an aromatic ring is 1. The van der Waals surface area contributed by atoms with Gasteiger partial charge in [-0.15, -0.1) is 0 Å². The Morgan fingerprint density at radius 1 is 1.10 bits per heavy atom. The van der Waals surface area contributed by atoms with E-state index in [-0.39, 0.29) is 5.54 Å². The van der Waals surface area contributed by atoms with Crippen molar-refractivity contribution in [3.8, 4) is 0 Å². The zero-order valence-corrected chi connectivity index (χ0v) is 12.0. The summed E-state index contributed by atoms with van der Waals surface area (Å²) in [6, 6.07) is 0. The molecule has 4 bridgehead atoms. The molecule has 20 heavy (non-hydrogen) atoms. The number of aromatic nitrogens is 2. The summed E-state index contributed by atoms with van der Waals surface area (Å²) >= 11 is 0. The summed E-state index contributed by atoms with van der Waals surface area (Å²) in [6.07, 6.45) is 9.32. The Morgan fingerprint density at radius 3 is 2.40 bits per heavy atom. The fourth-order valence-electron chi connectivity index (χ4n) is 5.98. The van der Waals surface area contributed by atoms with Crippen LogP contribution in [0, 0.1) is 17.8 Å². The van der Waals surface area contributed by atoms with Crippen molar-refractivity contribution in [2.45, 2.75) is 57.1 Å². The summed E-state index contributed by atoms with van der Waals surface area (Å²) in [7, 11) is 0. The van der Waals surface area contributed by atoms with Crippen LogP contribution in [0.1, 0.15) is 49.8 Å². The maximum atomic E-state index is 6.19. The second-order valence-electron chi connectivity index (χ2n) is 7.67. The van der Waals surface area contributed by atoms with Crippen LogP contribution in [0.4, 0.5) is 5.82 Å². The van der Waals surface area contributed by atoms with Crippen LogP contribution in [0.3, 0.4) is 0 Å². The van der Waals surface area contributed by atoms with Gasteiger partial charge in [-0.05, 0) is 56.3 Å². The molecule has 0 atom stereocenters. The lowest BCUT2D eigenvalue weighted by atomic mass is 9.53. The normalized spacial score (nSPS) is 41.9. The highest BCUT2D eigenvalue weighted by Crippen LogP contribution is 2.59. The van der Waals surface area contributed by atoms with E-state index in [9.17, 15) is 0 Å². The summed E-state index contributed by atoms with van der Waals surface area (Å²) in [4.78, 5) is 0. The maximum absolute atomic E-state index is 6.19. The molecular weight excluding hydrogens is 250 g/mol. The average molecular weight is 273 g/mol. The minimum atomic E-state index is 0.275. The highest BCUT2D eigenvalue weighted by atomic mass is 16.5.